The second-order valence-electron chi connectivity index (χ2n) is 9.40. The van der Waals surface area contributed by atoms with E-state index in [0.29, 0.717) is 11.2 Å². The van der Waals surface area contributed by atoms with E-state index in [-0.39, 0.29) is 29.4 Å². The Hall–Kier alpha value is -3.55. The van der Waals surface area contributed by atoms with Gasteiger partial charge in [0, 0.05) is 6.42 Å². The number of ether oxygens (including phenoxy) is 2. The highest BCUT2D eigenvalue weighted by Gasteiger charge is 2.55. The number of anilines is 2. The largest absolute Gasteiger partial charge is 0.394 e. The third-order valence-electron chi connectivity index (χ3n) is 6.89. The first kappa shape index (κ1) is 26.7. The van der Waals surface area contributed by atoms with E-state index < -0.39 is 68.9 Å². The number of imidazole rings is 2. The zero-order chi connectivity index (χ0) is 28.3. The van der Waals surface area contributed by atoms with Crippen LogP contribution in [0.1, 0.15) is 18.9 Å². The quantitative estimate of drug-likeness (QED) is 0.112. The van der Waals surface area contributed by atoms with E-state index in [9.17, 15) is 29.6 Å². The van der Waals surface area contributed by atoms with Gasteiger partial charge in [0.1, 0.15) is 35.8 Å². The summed E-state index contributed by atoms with van der Waals surface area (Å²) < 4.78 is 33.1. The van der Waals surface area contributed by atoms with E-state index in [4.69, 9.17) is 25.5 Å². The molecule has 0 aliphatic carbocycles. The average molecular weight is 580 g/mol. The Morgan fingerprint density at radius 2 is 1.80 bits per heavy atom. The van der Waals surface area contributed by atoms with Gasteiger partial charge in [-0.05, 0) is 0 Å². The SMILES string of the molecule is Nc1nc2c(ncn2[C@@H]2O[C@H](CO)[C@@H](O)[C@H]2P(=O)(O)OC[C@@H]2C[C@@H](O)[C@H](n3cnc4c(N)ncnc43)O2)c(=O)[nH]1. The molecule has 19 nitrogen and oxygen atoms in total. The smallest absolute Gasteiger partial charge is 0.338 e. The summed E-state index contributed by atoms with van der Waals surface area (Å²) in [6.07, 6.45) is -3.32. The fourth-order valence-electron chi connectivity index (χ4n) is 5.01. The van der Waals surface area contributed by atoms with E-state index in [1.165, 1.54) is 21.8 Å². The first-order chi connectivity index (χ1) is 19.1. The summed E-state index contributed by atoms with van der Waals surface area (Å²) in [6, 6.07) is 0. The molecule has 2 aliphatic heterocycles. The van der Waals surface area contributed by atoms with E-state index >= 15 is 0 Å². The third-order valence-corrected chi connectivity index (χ3v) is 8.72. The zero-order valence-corrected chi connectivity index (χ0v) is 21.4. The molecule has 2 fully saturated rings. The van der Waals surface area contributed by atoms with Crippen molar-refractivity contribution in [3.8, 4) is 0 Å². The van der Waals surface area contributed by atoms with Crippen molar-refractivity contribution < 1.29 is 38.8 Å². The van der Waals surface area contributed by atoms with Gasteiger partial charge in [-0.15, -0.1) is 0 Å². The number of rotatable bonds is 7. The second kappa shape index (κ2) is 9.82. The minimum absolute atomic E-state index is 0.0372. The van der Waals surface area contributed by atoms with Gasteiger partial charge < -0.3 is 45.7 Å². The lowest BCUT2D eigenvalue weighted by Crippen LogP contribution is -2.34. The average Bonchev–Trinajstić information content (AvgIpc) is 3.67. The van der Waals surface area contributed by atoms with Crippen LogP contribution in [0.3, 0.4) is 0 Å². The fourth-order valence-corrected chi connectivity index (χ4v) is 6.68. The Balaban J connectivity index is 1.23. The van der Waals surface area contributed by atoms with E-state index in [2.05, 4.69) is 29.9 Å². The molecule has 2 saturated heterocycles. The maximum atomic E-state index is 13.5. The van der Waals surface area contributed by atoms with Gasteiger partial charge >= 0.3 is 7.60 Å². The molecule has 9 N–H and O–H groups in total. The maximum Gasteiger partial charge on any atom is 0.338 e. The topological polar surface area (TPSA) is 285 Å². The molecule has 0 spiro atoms. The van der Waals surface area contributed by atoms with Crippen molar-refractivity contribution in [2.24, 2.45) is 0 Å². The summed E-state index contributed by atoms with van der Waals surface area (Å²) in [6.45, 7) is -1.12. The van der Waals surface area contributed by atoms with Crippen LogP contribution in [-0.2, 0) is 18.6 Å². The molecule has 0 bridgehead atoms. The van der Waals surface area contributed by atoms with Crippen molar-refractivity contribution in [1.29, 1.82) is 0 Å². The molecular formula is C20H25N10O9P. The number of hydrogen-bond donors (Lipinski definition) is 7. The van der Waals surface area contributed by atoms with Crippen molar-refractivity contribution in [3.63, 3.8) is 0 Å². The van der Waals surface area contributed by atoms with Gasteiger partial charge in [0.05, 0.1) is 32.0 Å². The van der Waals surface area contributed by atoms with Crippen LogP contribution >= 0.6 is 7.60 Å². The molecule has 4 aromatic rings. The summed E-state index contributed by atoms with van der Waals surface area (Å²) in [7, 11) is -4.74. The number of aromatic nitrogens is 8. The summed E-state index contributed by atoms with van der Waals surface area (Å²) in [5.74, 6) is -0.0821. The number of nitrogens with two attached hydrogens (primary N) is 2. The monoisotopic (exact) mass is 580 g/mol. The normalized spacial score (nSPS) is 30.4. The van der Waals surface area contributed by atoms with Crippen LogP contribution in [0.5, 0.6) is 0 Å². The molecule has 40 heavy (non-hydrogen) atoms. The number of aromatic amines is 1. The molecule has 4 aromatic heterocycles. The van der Waals surface area contributed by atoms with Crippen molar-refractivity contribution in [2.75, 3.05) is 24.7 Å². The maximum absolute atomic E-state index is 13.5. The van der Waals surface area contributed by atoms with Gasteiger partial charge in [-0.3, -0.25) is 23.5 Å². The summed E-state index contributed by atoms with van der Waals surface area (Å²) in [4.78, 5) is 45.6. The van der Waals surface area contributed by atoms with Gasteiger partial charge in [0.2, 0.25) is 5.95 Å². The van der Waals surface area contributed by atoms with Crippen LogP contribution in [0.2, 0.25) is 0 Å². The molecule has 20 heteroatoms. The van der Waals surface area contributed by atoms with E-state index in [0.717, 1.165) is 6.33 Å². The fraction of sp³-hybridized carbons (Fsp3) is 0.500. The third kappa shape index (κ3) is 4.32. The van der Waals surface area contributed by atoms with Crippen LogP contribution in [0.25, 0.3) is 22.3 Å². The van der Waals surface area contributed by atoms with E-state index in [1.54, 1.807) is 0 Å². The zero-order valence-electron chi connectivity index (χ0n) is 20.5. The summed E-state index contributed by atoms with van der Waals surface area (Å²) >= 11 is 0. The second-order valence-corrected chi connectivity index (χ2v) is 11.4. The predicted octanol–water partition coefficient (Wildman–Crippen LogP) is -2.41. The molecular weight excluding hydrogens is 555 g/mol. The lowest BCUT2D eigenvalue weighted by molar-refractivity contribution is -0.0477. The predicted molar refractivity (Wildman–Crippen MR) is 133 cm³/mol. The number of nitrogens with one attached hydrogen (secondary N) is 1. The lowest BCUT2D eigenvalue weighted by Gasteiger charge is -2.26. The summed E-state index contributed by atoms with van der Waals surface area (Å²) in [5.41, 5.74) is 9.66. The Bertz CT molecular complexity index is 1680. The molecule has 1 unspecified atom stereocenters. The number of hydrogen-bond acceptors (Lipinski definition) is 15. The Morgan fingerprint density at radius 3 is 2.55 bits per heavy atom. The highest BCUT2D eigenvalue weighted by atomic mass is 31.2. The Labute approximate surface area is 222 Å². The number of aliphatic hydroxyl groups excluding tert-OH is 3. The standard InChI is InChI=1S/C20H25N10O9P/c21-14-10-15(24-4-23-14)29(5-25-10)18-8(32)1-7(38-18)3-37-40(35,36)13-12(33)9(2-31)39-19(13)30-6-26-11-16(30)27-20(22)28-17(11)34/h4-9,12-13,18-19,31-33H,1-3H2,(H,35,36)(H2,21,23,24)(H3,22,27,28,34)/t7-,8+,9+,12+,13+,18+,19+/m0/s1. The number of fused-ring (bicyclic) bond motifs is 2. The molecule has 0 saturated carbocycles. The molecule has 6 rings (SSSR count). The Morgan fingerprint density at radius 1 is 1.07 bits per heavy atom. The van der Waals surface area contributed by atoms with Gasteiger partial charge in [-0.1, -0.05) is 0 Å². The lowest BCUT2D eigenvalue weighted by atomic mass is 10.2. The molecule has 6 heterocycles. The minimum atomic E-state index is -4.74. The van der Waals surface area contributed by atoms with Crippen molar-refractivity contribution in [1.82, 2.24) is 39.0 Å². The highest BCUT2D eigenvalue weighted by Crippen LogP contribution is 2.57. The number of H-pyrrole nitrogens is 1. The van der Waals surface area contributed by atoms with Gasteiger partial charge in [-0.2, -0.15) is 4.98 Å². The summed E-state index contributed by atoms with van der Waals surface area (Å²) in [5, 5.41) is 31.2. The molecule has 0 radical (unpaired) electrons. The van der Waals surface area contributed by atoms with Crippen molar-refractivity contribution >= 4 is 41.7 Å². The van der Waals surface area contributed by atoms with Crippen LogP contribution in [0, 0.1) is 0 Å². The molecule has 2 aliphatic rings. The van der Waals surface area contributed by atoms with Crippen molar-refractivity contribution in [3.05, 3.63) is 29.3 Å². The molecule has 0 aromatic carbocycles. The van der Waals surface area contributed by atoms with Crippen LogP contribution in [-0.4, -0.2) is 103 Å². The highest BCUT2D eigenvalue weighted by molar-refractivity contribution is 7.53. The van der Waals surface area contributed by atoms with Gasteiger partial charge in [0.15, 0.2) is 35.1 Å². The van der Waals surface area contributed by atoms with Crippen LogP contribution < -0.4 is 17.0 Å². The number of nitrogens with zero attached hydrogens (tertiary/aromatic N) is 7. The number of aliphatic hydroxyl groups is 3. The molecule has 8 atom stereocenters. The first-order valence-corrected chi connectivity index (χ1v) is 13.6. The van der Waals surface area contributed by atoms with E-state index in [1.807, 2.05) is 0 Å². The van der Waals surface area contributed by atoms with Gasteiger partial charge in [-0.25, -0.2) is 19.9 Å². The van der Waals surface area contributed by atoms with Crippen LogP contribution in [0.15, 0.2) is 23.8 Å². The van der Waals surface area contributed by atoms with Crippen molar-refractivity contribution in [2.45, 2.75) is 49.0 Å². The van der Waals surface area contributed by atoms with Crippen LogP contribution in [0.4, 0.5) is 11.8 Å². The molecule has 0 amide bonds. The Kier molecular flexibility index (Phi) is 6.55. The first-order valence-electron chi connectivity index (χ1n) is 12.0. The van der Waals surface area contributed by atoms with Gasteiger partial charge in [0.25, 0.3) is 5.56 Å². The minimum Gasteiger partial charge on any atom is -0.394 e. The number of nitrogen functional groups attached to an aromatic ring is 2. The molecule has 214 valence electrons.